The Labute approximate surface area is 110 Å². The molecular weight excluding hydrogens is 257 g/mol. The van der Waals surface area contributed by atoms with Gasteiger partial charge >= 0.3 is 6.18 Å². The molecule has 6 heteroatoms. The van der Waals surface area contributed by atoms with E-state index in [9.17, 15) is 13.2 Å². The maximum atomic E-state index is 12.2. The van der Waals surface area contributed by atoms with Crippen LogP contribution < -0.4 is 4.74 Å². The van der Waals surface area contributed by atoms with Crippen LogP contribution in [0.4, 0.5) is 13.2 Å². The molecule has 0 N–H and O–H groups in total. The molecule has 0 unspecified atom stereocenters. The fraction of sp³-hybridized carbons (Fsp3) is 0.462. The van der Waals surface area contributed by atoms with E-state index in [-0.39, 0.29) is 13.2 Å². The van der Waals surface area contributed by atoms with Crippen molar-refractivity contribution < 1.29 is 17.9 Å². The molecule has 1 aromatic rings. The molecule has 104 valence electrons. The summed E-state index contributed by atoms with van der Waals surface area (Å²) in [4.78, 5) is 1.26. The summed E-state index contributed by atoms with van der Waals surface area (Å²) in [7, 11) is 0. The number of likely N-dealkylation sites (N-methyl/N-ethyl adjacent to an activating group) is 1. The fourth-order valence-corrected chi connectivity index (χ4v) is 1.55. The van der Waals surface area contributed by atoms with Gasteiger partial charge in [-0.05, 0) is 24.7 Å². The van der Waals surface area contributed by atoms with Crippen molar-refractivity contribution in [3.8, 4) is 11.8 Å². The van der Waals surface area contributed by atoms with Crippen LogP contribution in [-0.2, 0) is 0 Å². The van der Waals surface area contributed by atoms with E-state index in [4.69, 9.17) is 10.00 Å². The Bertz CT molecular complexity index is 440. The van der Waals surface area contributed by atoms with Crippen LogP contribution in [0.5, 0.6) is 5.75 Å². The molecule has 0 bridgehead atoms. The van der Waals surface area contributed by atoms with Gasteiger partial charge in [-0.3, -0.25) is 4.90 Å². The molecule has 0 spiro atoms. The number of benzene rings is 1. The number of alkyl halides is 3. The second-order valence-electron chi connectivity index (χ2n) is 3.97. The molecule has 1 aromatic carbocycles. The second-order valence-corrected chi connectivity index (χ2v) is 3.97. The SMILES string of the molecule is CCN(CCOc1cccc(C#N)c1)CC(F)(F)F. The average molecular weight is 272 g/mol. The van der Waals surface area contributed by atoms with Gasteiger partial charge in [-0.25, -0.2) is 0 Å². The Morgan fingerprint density at radius 1 is 1.37 bits per heavy atom. The number of nitriles is 1. The monoisotopic (exact) mass is 272 g/mol. The van der Waals surface area contributed by atoms with Crippen LogP contribution in [0.3, 0.4) is 0 Å². The van der Waals surface area contributed by atoms with Crippen molar-refractivity contribution in [3.63, 3.8) is 0 Å². The van der Waals surface area contributed by atoms with Crippen molar-refractivity contribution in [2.45, 2.75) is 13.1 Å². The number of halogens is 3. The Balaban J connectivity index is 2.42. The summed E-state index contributed by atoms with van der Waals surface area (Å²) in [6.07, 6.45) is -4.20. The first-order chi connectivity index (χ1) is 8.94. The van der Waals surface area contributed by atoms with Gasteiger partial charge in [-0.15, -0.1) is 0 Å². The largest absolute Gasteiger partial charge is 0.492 e. The molecule has 0 saturated carbocycles. The minimum Gasteiger partial charge on any atom is -0.492 e. The molecule has 3 nitrogen and oxygen atoms in total. The minimum atomic E-state index is -4.20. The van der Waals surface area contributed by atoms with Crippen LogP contribution in [0.2, 0.25) is 0 Å². The lowest BCUT2D eigenvalue weighted by Crippen LogP contribution is -2.36. The third-order valence-electron chi connectivity index (χ3n) is 2.49. The summed E-state index contributed by atoms with van der Waals surface area (Å²) >= 11 is 0. The normalized spacial score (nSPS) is 11.4. The van der Waals surface area contributed by atoms with E-state index in [0.717, 1.165) is 0 Å². The lowest BCUT2D eigenvalue weighted by atomic mass is 10.2. The molecule has 0 aliphatic heterocycles. The van der Waals surface area contributed by atoms with Crippen molar-refractivity contribution in [2.75, 3.05) is 26.2 Å². The highest BCUT2D eigenvalue weighted by atomic mass is 19.4. The van der Waals surface area contributed by atoms with E-state index >= 15 is 0 Å². The number of ether oxygens (including phenoxy) is 1. The zero-order valence-electron chi connectivity index (χ0n) is 10.6. The van der Waals surface area contributed by atoms with E-state index < -0.39 is 12.7 Å². The molecule has 0 heterocycles. The highest BCUT2D eigenvalue weighted by Crippen LogP contribution is 2.16. The van der Waals surface area contributed by atoms with Gasteiger partial charge in [0.25, 0.3) is 0 Å². The molecule has 19 heavy (non-hydrogen) atoms. The highest BCUT2D eigenvalue weighted by molar-refractivity contribution is 5.36. The number of hydrogen-bond acceptors (Lipinski definition) is 3. The lowest BCUT2D eigenvalue weighted by Gasteiger charge is -2.21. The topological polar surface area (TPSA) is 36.3 Å². The standard InChI is InChI=1S/C13H15F3N2O/c1-2-18(10-13(14,15)16)6-7-19-12-5-3-4-11(8-12)9-17/h3-5,8H,2,6-7,10H2,1H3. The zero-order valence-corrected chi connectivity index (χ0v) is 10.6. The van der Waals surface area contributed by atoms with Crippen molar-refractivity contribution >= 4 is 0 Å². The zero-order chi connectivity index (χ0) is 14.3. The number of rotatable bonds is 6. The quantitative estimate of drug-likeness (QED) is 0.799. The molecule has 0 aliphatic carbocycles. The Morgan fingerprint density at radius 3 is 2.68 bits per heavy atom. The van der Waals surface area contributed by atoms with E-state index in [1.165, 1.54) is 4.90 Å². The Morgan fingerprint density at radius 2 is 2.11 bits per heavy atom. The summed E-state index contributed by atoms with van der Waals surface area (Å²) in [5.41, 5.74) is 0.458. The van der Waals surface area contributed by atoms with Crippen LogP contribution in [0.25, 0.3) is 0 Å². The van der Waals surface area contributed by atoms with E-state index in [2.05, 4.69) is 0 Å². The summed E-state index contributed by atoms with van der Waals surface area (Å²) in [6, 6.07) is 8.49. The molecule has 0 saturated heterocycles. The number of nitrogens with zero attached hydrogens (tertiary/aromatic N) is 2. The Kier molecular flexibility index (Phi) is 5.64. The highest BCUT2D eigenvalue weighted by Gasteiger charge is 2.29. The van der Waals surface area contributed by atoms with E-state index in [0.29, 0.717) is 17.9 Å². The summed E-state index contributed by atoms with van der Waals surface area (Å²) in [5, 5.41) is 8.70. The molecule has 0 fully saturated rings. The van der Waals surface area contributed by atoms with Gasteiger partial charge < -0.3 is 4.74 Å². The van der Waals surface area contributed by atoms with Crippen LogP contribution in [0, 0.1) is 11.3 Å². The minimum absolute atomic E-state index is 0.152. The van der Waals surface area contributed by atoms with Gasteiger partial charge in [0, 0.05) is 6.54 Å². The van der Waals surface area contributed by atoms with Crippen molar-refractivity contribution in [3.05, 3.63) is 29.8 Å². The first-order valence-corrected chi connectivity index (χ1v) is 5.86. The van der Waals surface area contributed by atoms with Crippen molar-refractivity contribution in [1.82, 2.24) is 4.90 Å². The molecule has 0 amide bonds. The number of hydrogen-bond donors (Lipinski definition) is 0. The molecule has 0 aliphatic rings. The first-order valence-electron chi connectivity index (χ1n) is 5.86. The Hall–Kier alpha value is -1.74. The molecular formula is C13H15F3N2O. The second kappa shape index (κ2) is 7.00. The van der Waals surface area contributed by atoms with Crippen LogP contribution in [-0.4, -0.2) is 37.3 Å². The summed E-state index contributed by atoms with van der Waals surface area (Å²) in [5.74, 6) is 0.488. The van der Waals surface area contributed by atoms with Gasteiger partial charge in [-0.1, -0.05) is 13.0 Å². The predicted octanol–water partition coefficient (Wildman–Crippen LogP) is 2.82. The molecule has 0 aromatic heterocycles. The third-order valence-corrected chi connectivity index (χ3v) is 2.49. The maximum absolute atomic E-state index is 12.2. The van der Waals surface area contributed by atoms with Crippen molar-refractivity contribution in [2.24, 2.45) is 0 Å². The first kappa shape index (κ1) is 15.3. The smallest absolute Gasteiger partial charge is 0.401 e. The van der Waals surface area contributed by atoms with E-state index in [1.807, 2.05) is 6.07 Å². The van der Waals surface area contributed by atoms with Gasteiger partial charge in [0.05, 0.1) is 18.2 Å². The average Bonchev–Trinajstić information content (AvgIpc) is 2.36. The fourth-order valence-electron chi connectivity index (χ4n) is 1.55. The maximum Gasteiger partial charge on any atom is 0.401 e. The van der Waals surface area contributed by atoms with Gasteiger partial charge in [0.1, 0.15) is 12.4 Å². The van der Waals surface area contributed by atoms with Gasteiger partial charge in [0.15, 0.2) is 0 Å². The summed E-state index contributed by atoms with van der Waals surface area (Å²) < 4.78 is 42.0. The predicted molar refractivity (Wildman–Crippen MR) is 64.8 cm³/mol. The van der Waals surface area contributed by atoms with Crippen molar-refractivity contribution in [1.29, 1.82) is 5.26 Å². The van der Waals surface area contributed by atoms with E-state index in [1.54, 1.807) is 31.2 Å². The molecule has 1 rings (SSSR count). The summed E-state index contributed by atoms with van der Waals surface area (Å²) in [6.45, 7) is 1.37. The van der Waals surface area contributed by atoms with Crippen LogP contribution in [0.1, 0.15) is 12.5 Å². The molecule has 0 atom stereocenters. The lowest BCUT2D eigenvalue weighted by molar-refractivity contribution is -0.146. The third kappa shape index (κ3) is 6.11. The molecule has 0 radical (unpaired) electrons. The van der Waals surface area contributed by atoms with Gasteiger partial charge in [-0.2, -0.15) is 18.4 Å². The van der Waals surface area contributed by atoms with Crippen LogP contribution in [0.15, 0.2) is 24.3 Å². The van der Waals surface area contributed by atoms with Gasteiger partial charge in [0.2, 0.25) is 0 Å². The van der Waals surface area contributed by atoms with Crippen LogP contribution >= 0.6 is 0 Å².